The van der Waals surface area contributed by atoms with Gasteiger partial charge < -0.3 is 9.47 Å². The molecule has 0 unspecified atom stereocenters. The van der Waals surface area contributed by atoms with Crippen molar-refractivity contribution in [1.29, 1.82) is 0 Å². The molecule has 12 heavy (non-hydrogen) atoms. The molecule has 3 heteroatoms. The van der Waals surface area contributed by atoms with Crippen molar-refractivity contribution in [2.75, 3.05) is 25.2 Å². The van der Waals surface area contributed by atoms with Crippen LogP contribution in [0.1, 0.15) is 27.2 Å². The zero-order valence-corrected chi connectivity index (χ0v) is 9.82. The summed E-state index contributed by atoms with van der Waals surface area (Å²) in [7, 11) is 0. The molecule has 0 aliphatic carbocycles. The van der Waals surface area contributed by atoms with Crippen LogP contribution in [-0.2, 0) is 9.47 Å². The Kier molecular flexibility index (Phi) is 7.10. The maximum absolute atomic E-state index is 5.62. The molecule has 74 valence electrons. The summed E-state index contributed by atoms with van der Waals surface area (Å²) in [4.78, 5) is 0. The summed E-state index contributed by atoms with van der Waals surface area (Å²) in [6.07, 6.45) is 1.03. The van der Waals surface area contributed by atoms with Crippen LogP contribution in [0, 0.1) is 0 Å². The van der Waals surface area contributed by atoms with Crippen molar-refractivity contribution in [3.63, 3.8) is 0 Å². The lowest BCUT2D eigenvalue weighted by molar-refractivity contribution is -0.0454. The molecule has 0 bridgehead atoms. The van der Waals surface area contributed by atoms with E-state index in [0.29, 0.717) is 13.2 Å². The van der Waals surface area contributed by atoms with Gasteiger partial charge in [-0.1, -0.05) is 15.9 Å². The van der Waals surface area contributed by atoms with Crippen molar-refractivity contribution in [1.82, 2.24) is 0 Å². The fraction of sp³-hybridized carbons (Fsp3) is 1.00. The van der Waals surface area contributed by atoms with Crippen molar-refractivity contribution in [3.05, 3.63) is 0 Å². The number of halogens is 1. The Bertz CT molecular complexity index is 105. The fourth-order valence-corrected chi connectivity index (χ4v) is 1.78. The number of rotatable bonds is 7. The largest absolute Gasteiger partial charge is 0.379 e. The van der Waals surface area contributed by atoms with Crippen LogP contribution in [0.4, 0.5) is 0 Å². The highest BCUT2D eigenvalue weighted by atomic mass is 79.9. The smallest absolute Gasteiger partial charge is 0.0707 e. The summed E-state index contributed by atoms with van der Waals surface area (Å²) >= 11 is 3.40. The zero-order valence-electron chi connectivity index (χ0n) is 8.23. The van der Waals surface area contributed by atoms with Crippen molar-refractivity contribution >= 4 is 15.9 Å². The van der Waals surface area contributed by atoms with Crippen molar-refractivity contribution < 1.29 is 9.47 Å². The van der Waals surface area contributed by atoms with E-state index in [-0.39, 0.29) is 5.60 Å². The van der Waals surface area contributed by atoms with Crippen molar-refractivity contribution in [2.24, 2.45) is 0 Å². The summed E-state index contributed by atoms with van der Waals surface area (Å²) in [6.45, 7) is 8.34. The molecule has 0 rings (SSSR count). The number of hydrogen-bond acceptors (Lipinski definition) is 2. The zero-order chi connectivity index (χ0) is 9.45. The second-order valence-corrected chi connectivity index (χ2v) is 4.04. The highest BCUT2D eigenvalue weighted by Crippen LogP contribution is 2.15. The Morgan fingerprint density at radius 1 is 1.25 bits per heavy atom. The van der Waals surface area contributed by atoms with Crippen LogP contribution >= 0.6 is 15.9 Å². The van der Waals surface area contributed by atoms with Crippen molar-refractivity contribution in [2.45, 2.75) is 32.8 Å². The number of hydrogen-bond donors (Lipinski definition) is 0. The predicted molar refractivity (Wildman–Crippen MR) is 54.9 cm³/mol. The summed E-state index contributed by atoms with van der Waals surface area (Å²) in [5, 5.41) is 0.981. The Labute approximate surface area is 83.8 Å². The quantitative estimate of drug-likeness (QED) is 0.502. The Morgan fingerprint density at radius 3 is 2.42 bits per heavy atom. The van der Waals surface area contributed by atoms with Gasteiger partial charge in [0.1, 0.15) is 0 Å². The van der Waals surface area contributed by atoms with E-state index in [2.05, 4.69) is 29.8 Å². The van der Waals surface area contributed by atoms with E-state index < -0.39 is 0 Å². The van der Waals surface area contributed by atoms with Gasteiger partial charge in [0, 0.05) is 11.9 Å². The maximum Gasteiger partial charge on any atom is 0.0707 e. The van der Waals surface area contributed by atoms with Crippen LogP contribution in [0.5, 0.6) is 0 Å². The van der Waals surface area contributed by atoms with E-state index in [0.717, 1.165) is 18.4 Å². The van der Waals surface area contributed by atoms with Gasteiger partial charge in [-0.15, -0.1) is 0 Å². The monoisotopic (exact) mass is 238 g/mol. The average molecular weight is 239 g/mol. The third-order valence-electron chi connectivity index (χ3n) is 1.62. The minimum absolute atomic E-state index is 0.0272. The lowest BCUT2D eigenvalue weighted by Crippen LogP contribution is -2.26. The summed E-state index contributed by atoms with van der Waals surface area (Å²) in [5.41, 5.74) is -0.0272. The molecule has 0 saturated carbocycles. The van der Waals surface area contributed by atoms with Crippen LogP contribution < -0.4 is 0 Å². The van der Waals surface area contributed by atoms with E-state index in [1.54, 1.807) is 0 Å². The van der Waals surface area contributed by atoms with Crippen LogP contribution in [0.2, 0.25) is 0 Å². The van der Waals surface area contributed by atoms with Gasteiger partial charge in [0.15, 0.2) is 0 Å². The van der Waals surface area contributed by atoms with Gasteiger partial charge in [-0.25, -0.2) is 0 Å². The van der Waals surface area contributed by atoms with Gasteiger partial charge in [-0.05, 0) is 27.2 Å². The van der Waals surface area contributed by atoms with Gasteiger partial charge >= 0.3 is 0 Å². The normalized spacial score (nSPS) is 12.0. The second-order valence-electron chi connectivity index (χ2n) is 3.24. The molecule has 0 saturated heterocycles. The average Bonchev–Trinajstić information content (AvgIpc) is 1.98. The molecule has 0 radical (unpaired) electrons. The van der Waals surface area contributed by atoms with Crippen LogP contribution in [0.25, 0.3) is 0 Å². The van der Waals surface area contributed by atoms with Crippen LogP contribution in [0.3, 0.4) is 0 Å². The standard InChI is InChI=1S/C9H19BrO2/c1-4-11-7-8-12-9(2,3)5-6-10/h4-8H2,1-3H3. The lowest BCUT2D eigenvalue weighted by Gasteiger charge is -2.24. The Balaban J connectivity index is 3.33. The summed E-state index contributed by atoms with van der Waals surface area (Å²) < 4.78 is 10.8. The number of alkyl halides is 1. The van der Waals surface area contributed by atoms with Gasteiger partial charge in [0.2, 0.25) is 0 Å². The summed E-state index contributed by atoms with van der Waals surface area (Å²) in [5.74, 6) is 0. The van der Waals surface area contributed by atoms with Gasteiger partial charge in [0.25, 0.3) is 0 Å². The molecule has 0 aromatic carbocycles. The van der Waals surface area contributed by atoms with Crippen molar-refractivity contribution in [3.8, 4) is 0 Å². The Hall–Kier alpha value is 0.400. The van der Waals surface area contributed by atoms with E-state index in [4.69, 9.17) is 9.47 Å². The van der Waals surface area contributed by atoms with Gasteiger partial charge in [-0.2, -0.15) is 0 Å². The van der Waals surface area contributed by atoms with E-state index in [9.17, 15) is 0 Å². The minimum Gasteiger partial charge on any atom is -0.379 e. The molecule has 0 aromatic rings. The molecule has 0 amide bonds. The molecular weight excluding hydrogens is 220 g/mol. The molecule has 0 spiro atoms. The molecular formula is C9H19BrO2. The SMILES string of the molecule is CCOCCOC(C)(C)CCBr. The third kappa shape index (κ3) is 7.07. The molecule has 0 heterocycles. The lowest BCUT2D eigenvalue weighted by atomic mass is 10.1. The van der Waals surface area contributed by atoms with E-state index in [1.807, 2.05) is 6.92 Å². The molecule has 0 atom stereocenters. The van der Waals surface area contributed by atoms with Crippen LogP contribution in [0.15, 0.2) is 0 Å². The van der Waals surface area contributed by atoms with Gasteiger partial charge in [-0.3, -0.25) is 0 Å². The second kappa shape index (κ2) is 6.87. The number of ether oxygens (including phenoxy) is 2. The highest BCUT2D eigenvalue weighted by molar-refractivity contribution is 9.09. The molecule has 0 N–H and O–H groups in total. The minimum atomic E-state index is -0.0272. The van der Waals surface area contributed by atoms with E-state index in [1.165, 1.54) is 0 Å². The van der Waals surface area contributed by atoms with Gasteiger partial charge in [0.05, 0.1) is 18.8 Å². The van der Waals surface area contributed by atoms with Crippen LogP contribution in [-0.4, -0.2) is 30.8 Å². The van der Waals surface area contributed by atoms with E-state index >= 15 is 0 Å². The molecule has 0 aliphatic heterocycles. The molecule has 0 aromatic heterocycles. The third-order valence-corrected chi connectivity index (χ3v) is 2.02. The first-order valence-electron chi connectivity index (χ1n) is 4.40. The summed E-state index contributed by atoms with van der Waals surface area (Å²) in [6, 6.07) is 0. The first-order valence-corrected chi connectivity index (χ1v) is 5.52. The maximum atomic E-state index is 5.62. The molecule has 0 aliphatic rings. The fourth-order valence-electron chi connectivity index (χ4n) is 0.821. The first kappa shape index (κ1) is 12.4. The molecule has 0 fully saturated rings. The molecule has 2 nitrogen and oxygen atoms in total. The Morgan fingerprint density at radius 2 is 1.92 bits per heavy atom. The highest BCUT2D eigenvalue weighted by Gasteiger charge is 2.16. The topological polar surface area (TPSA) is 18.5 Å². The first-order chi connectivity index (χ1) is 5.62. The predicted octanol–water partition coefficient (Wildman–Crippen LogP) is 2.60.